The Morgan fingerprint density at radius 3 is 0.917 bits per heavy atom. The van der Waals surface area contributed by atoms with Gasteiger partial charge in [-0.3, -0.25) is 0 Å². The van der Waals surface area contributed by atoms with Crippen molar-refractivity contribution < 1.29 is 10.2 Å². The standard InChI is InChI=1S/C34H54O2/c1-15-17-34(16-2,22-18-24(30(3,4)5)28(35)25(19-22)31(6,7)8)23-20-26(32(9,10)11)29(36)27(21-23)33(12,13)14/h18-21,35-36H,15-17H2,1-14H3. The van der Waals surface area contributed by atoms with E-state index in [0.717, 1.165) is 41.5 Å². The van der Waals surface area contributed by atoms with Gasteiger partial charge in [0.2, 0.25) is 0 Å². The Labute approximate surface area is 222 Å². The Bertz CT molecular complexity index is 925. The largest absolute Gasteiger partial charge is 0.507 e. The highest BCUT2D eigenvalue weighted by molar-refractivity contribution is 5.57. The Kier molecular flexibility index (Phi) is 8.18. The van der Waals surface area contributed by atoms with Gasteiger partial charge in [0.15, 0.2) is 0 Å². The van der Waals surface area contributed by atoms with Gasteiger partial charge in [0, 0.05) is 5.41 Å². The maximum atomic E-state index is 11.4. The van der Waals surface area contributed by atoms with E-state index >= 15 is 0 Å². The summed E-state index contributed by atoms with van der Waals surface area (Å²) >= 11 is 0. The van der Waals surface area contributed by atoms with Gasteiger partial charge in [-0.2, -0.15) is 0 Å². The molecule has 0 radical (unpaired) electrons. The minimum atomic E-state index is -0.226. The minimum absolute atomic E-state index is 0.187. The van der Waals surface area contributed by atoms with Gasteiger partial charge in [-0.25, -0.2) is 0 Å². The van der Waals surface area contributed by atoms with Crippen molar-refractivity contribution in [3.63, 3.8) is 0 Å². The highest BCUT2D eigenvalue weighted by Crippen LogP contribution is 2.49. The molecule has 0 amide bonds. The number of hydrogen-bond acceptors (Lipinski definition) is 2. The molecule has 0 aliphatic rings. The van der Waals surface area contributed by atoms with E-state index in [1.807, 2.05) is 0 Å². The predicted octanol–water partition coefficient (Wildman–Crippen LogP) is 9.78. The zero-order valence-corrected chi connectivity index (χ0v) is 25.8. The van der Waals surface area contributed by atoms with Crippen LogP contribution in [0.25, 0.3) is 0 Å². The lowest BCUT2D eigenvalue weighted by Gasteiger charge is -2.39. The fourth-order valence-electron chi connectivity index (χ4n) is 5.58. The van der Waals surface area contributed by atoms with Crippen molar-refractivity contribution >= 4 is 0 Å². The average molecular weight is 495 g/mol. The topological polar surface area (TPSA) is 40.5 Å². The molecule has 2 rings (SSSR count). The van der Waals surface area contributed by atoms with Crippen LogP contribution in [0.2, 0.25) is 0 Å². The lowest BCUT2D eigenvalue weighted by atomic mass is 9.65. The lowest BCUT2D eigenvalue weighted by molar-refractivity contribution is 0.407. The molecular formula is C34H54O2. The van der Waals surface area contributed by atoms with Crippen LogP contribution >= 0.6 is 0 Å². The molecule has 2 nitrogen and oxygen atoms in total. The molecule has 2 N–H and O–H groups in total. The third-order valence-electron chi connectivity index (χ3n) is 7.84. The zero-order valence-electron chi connectivity index (χ0n) is 25.8. The van der Waals surface area contributed by atoms with Gasteiger partial charge in [0.1, 0.15) is 11.5 Å². The number of phenolic OH excluding ortho intramolecular Hbond substituents is 2. The molecule has 0 saturated heterocycles. The molecule has 0 atom stereocenters. The molecule has 202 valence electrons. The molecule has 2 aromatic rings. The number of benzene rings is 2. The van der Waals surface area contributed by atoms with Crippen LogP contribution in [0.5, 0.6) is 11.5 Å². The van der Waals surface area contributed by atoms with Crippen LogP contribution in [-0.2, 0) is 27.1 Å². The van der Waals surface area contributed by atoms with Crippen molar-refractivity contribution in [2.24, 2.45) is 0 Å². The smallest absolute Gasteiger partial charge is 0.123 e. The van der Waals surface area contributed by atoms with Crippen LogP contribution in [0, 0.1) is 0 Å². The van der Waals surface area contributed by atoms with Crippen LogP contribution in [0.15, 0.2) is 24.3 Å². The molecule has 0 bridgehead atoms. The molecule has 2 aromatic carbocycles. The molecule has 0 saturated carbocycles. The molecular weight excluding hydrogens is 440 g/mol. The second-order valence-electron chi connectivity index (χ2n) is 15.0. The first kappa shape index (κ1) is 30.3. The number of rotatable bonds is 5. The minimum Gasteiger partial charge on any atom is -0.507 e. The summed E-state index contributed by atoms with van der Waals surface area (Å²) in [5.41, 5.74) is 5.58. The summed E-state index contributed by atoms with van der Waals surface area (Å²) in [6.45, 7) is 30.7. The molecule has 0 spiro atoms. The summed E-state index contributed by atoms with van der Waals surface area (Å²) in [5, 5.41) is 22.9. The van der Waals surface area contributed by atoms with Crippen molar-refractivity contribution in [1.82, 2.24) is 0 Å². The van der Waals surface area contributed by atoms with Crippen LogP contribution in [-0.4, -0.2) is 10.2 Å². The van der Waals surface area contributed by atoms with Gasteiger partial charge in [0.25, 0.3) is 0 Å². The van der Waals surface area contributed by atoms with E-state index < -0.39 is 0 Å². The first-order valence-electron chi connectivity index (χ1n) is 13.9. The predicted molar refractivity (Wildman–Crippen MR) is 157 cm³/mol. The summed E-state index contributed by atoms with van der Waals surface area (Å²) in [6, 6.07) is 9.07. The second-order valence-corrected chi connectivity index (χ2v) is 15.0. The van der Waals surface area contributed by atoms with Gasteiger partial charge in [-0.1, -0.05) is 128 Å². The Balaban J connectivity index is 3.12. The Hall–Kier alpha value is -1.96. The fourth-order valence-corrected chi connectivity index (χ4v) is 5.58. The van der Waals surface area contributed by atoms with E-state index in [9.17, 15) is 10.2 Å². The molecule has 0 unspecified atom stereocenters. The highest BCUT2D eigenvalue weighted by atomic mass is 16.3. The maximum absolute atomic E-state index is 11.4. The van der Waals surface area contributed by atoms with Crippen molar-refractivity contribution in [3.8, 4) is 11.5 Å². The van der Waals surface area contributed by atoms with E-state index in [1.54, 1.807) is 0 Å². The zero-order chi connectivity index (χ0) is 28.1. The normalized spacial score (nSPS) is 13.8. The summed E-state index contributed by atoms with van der Waals surface area (Å²) in [5.74, 6) is 0.855. The van der Waals surface area contributed by atoms with Gasteiger partial charge >= 0.3 is 0 Å². The van der Waals surface area contributed by atoms with Crippen LogP contribution in [0.3, 0.4) is 0 Å². The van der Waals surface area contributed by atoms with Crippen molar-refractivity contribution in [3.05, 3.63) is 57.6 Å². The maximum Gasteiger partial charge on any atom is 0.123 e. The van der Waals surface area contributed by atoms with Gasteiger partial charge in [-0.05, 0) is 67.9 Å². The van der Waals surface area contributed by atoms with Crippen LogP contribution in [0.4, 0.5) is 0 Å². The summed E-state index contributed by atoms with van der Waals surface area (Å²) in [6.07, 6.45) is 2.98. The molecule has 0 heterocycles. The Morgan fingerprint density at radius 1 is 0.500 bits per heavy atom. The van der Waals surface area contributed by atoms with Gasteiger partial charge < -0.3 is 10.2 Å². The van der Waals surface area contributed by atoms with E-state index in [4.69, 9.17) is 0 Å². The van der Waals surface area contributed by atoms with Crippen LogP contribution in [0.1, 0.15) is 150 Å². The quantitative estimate of drug-likeness (QED) is 0.434. The average Bonchev–Trinajstić information content (AvgIpc) is 2.69. The van der Waals surface area contributed by atoms with E-state index in [0.29, 0.717) is 11.5 Å². The van der Waals surface area contributed by atoms with E-state index in [1.165, 1.54) is 11.1 Å². The SMILES string of the molecule is CCCC(CC)(c1cc(C(C)(C)C)c(O)c(C(C)(C)C)c1)c1cc(C(C)(C)C)c(O)c(C(C)(C)C)c1. The molecule has 0 fully saturated rings. The third kappa shape index (κ3) is 5.79. The number of hydrogen-bond donors (Lipinski definition) is 2. The van der Waals surface area contributed by atoms with Crippen molar-refractivity contribution in [2.45, 2.75) is 143 Å². The number of phenols is 2. The van der Waals surface area contributed by atoms with E-state index in [2.05, 4.69) is 121 Å². The monoisotopic (exact) mass is 494 g/mol. The first-order chi connectivity index (χ1) is 16.1. The lowest BCUT2D eigenvalue weighted by Crippen LogP contribution is -2.30. The molecule has 0 aromatic heterocycles. The van der Waals surface area contributed by atoms with Crippen molar-refractivity contribution in [1.29, 1.82) is 0 Å². The molecule has 0 aliphatic heterocycles. The summed E-state index contributed by atoms with van der Waals surface area (Å²) < 4.78 is 0. The fraction of sp³-hybridized carbons (Fsp3) is 0.647. The van der Waals surface area contributed by atoms with Crippen molar-refractivity contribution in [2.75, 3.05) is 0 Å². The molecule has 36 heavy (non-hydrogen) atoms. The third-order valence-corrected chi connectivity index (χ3v) is 7.84. The van der Waals surface area contributed by atoms with Gasteiger partial charge in [-0.15, -0.1) is 0 Å². The number of aromatic hydroxyl groups is 2. The molecule has 0 aliphatic carbocycles. The summed E-state index contributed by atoms with van der Waals surface area (Å²) in [7, 11) is 0. The Morgan fingerprint density at radius 2 is 0.750 bits per heavy atom. The first-order valence-corrected chi connectivity index (χ1v) is 13.9. The van der Waals surface area contributed by atoms with E-state index in [-0.39, 0.29) is 27.1 Å². The highest BCUT2D eigenvalue weighted by Gasteiger charge is 2.38. The summed E-state index contributed by atoms with van der Waals surface area (Å²) in [4.78, 5) is 0. The van der Waals surface area contributed by atoms with Crippen LogP contribution < -0.4 is 0 Å². The van der Waals surface area contributed by atoms with Gasteiger partial charge in [0.05, 0.1) is 0 Å². The molecule has 2 heteroatoms. The second kappa shape index (κ2) is 9.73.